The Morgan fingerprint density at radius 2 is 1.29 bits per heavy atom. The normalized spacial score (nSPS) is 12.6. The fourth-order valence-corrected chi connectivity index (χ4v) is 8.89. The van der Waals surface area contributed by atoms with E-state index < -0.39 is 127 Å². The molecule has 0 aliphatic heterocycles. The number of aromatic nitrogens is 3. The number of azo groups is 1. The van der Waals surface area contributed by atoms with Crippen LogP contribution in [0.4, 0.5) is 46.3 Å². The number of carbonyl (C=O) groups is 1. The lowest BCUT2D eigenvalue weighted by Gasteiger charge is -2.18. The Morgan fingerprint density at radius 1 is 0.662 bits per heavy atom. The molecule has 0 bridgehead atoms. The van der Waals surface area contributed by atoms with E-state index in [1.165, 1.54) is 44.3 Å². The number of rotatable bonds is 16. The van der Waals surface area contributed by atoms with E-state index >= 15 is 0 Å². The van der Waals surface area contributed by atoms with E-state index in [0.717, 1.165) is 35.2 Å². The van der Waals surface area contributed by atoms with Crippen LogP contribution in [0.15, 0.2) is 109 Å². The van der Waals surface area contributed by atoms with Crippen molar-refractivity contribution in [3.05, 3.63) is 90.0 Å². The van der Waals surface area contributed by atoms with Crippen LogP contribution < -0.4 is 20.9 Å². The first-order valence-corrected chi connectivity index (χ1v) is 25.7. The van der Waals surface area contributed by atoms with Gasteiger partial charge in [0, 0.05) is 30.2 Å². The second-order valence-electron chi connectivity index (χ2n) is 14.2. The van der Waals surface area contributed by atoms with Crippen LogP contribution in [0.3, 0.4) is 0 Å². The molecule has 6 rings (SSSR count). The van der Waals surface area contributed by atoms with E-state index in [-0.39, 0.29) is 35.4 Å². The van der Waals surface area contributed by atoms with Crippen molar-refractivity contribution in [2.45, 2.75) is 26.5 Å². The summed E-state index contributed by atoms with van der Waals surface area (Å²) in [5.41, 5.74) is -2.44. The summed E-state index contributed by atoms with van der Waals surface area (Å²) in [5, 5.41) is 35.8. The van der Waals surface area contributed by atoms with Crippen LogP contribution in [0.2, 0.25) is 0 Å². The number of hydrogen-bond donors (Lipinski definition) is 10. The minimum Gasteiger partial charge on any atom is -0.506 e. The molecular formula is C36H33N9O18S5. The number of phenols is 2. The average Bonchev–Trinajstić information content (AvgIpc) is 3.21. The zero-order valence-corrected chi connectivity index (χ0v) is 38.3. The highest BCUT2D eigenvalue weighted by Gasteiger charge is 2.27. The number of anilines is 6. The van der Waals surface area contributed by atoms with E-state index in [1.807, 2.05) is 0 Å². The van der Waals surface area contributed by atoms with Gasteiger partial charge in [0.2, 0.25) is 17.8 Å². The zero-order valence-electron chi connectivity index (χ0n) is 34.3. The van der Waals surface area contributed by atoms with Crippen molar-refractivity contribution in [2.75, 3.05) is 40.2 Å². The Kier molecular flexibility index (Phi) is 13.8. The van der Waals surface area contributed by atoms with Gasteiger partial charge in [-0.15, -0.1) is 10.2 Å². The maximum Gasteiger partial charge on any atom is 0.296 e. The van der Waals surface area contributed by atoms with Gasteiger partial charge >= 0.3 is 0 Å². The summed E-state index contributed by atoms with van der Waals surface area (Å²) in [6, 6.07) is 13.1. The standard InChI is InChI=1S/C36H33N9O18S5/c1-18-6-8-24(28(12-18)67(58,59)60)43-44-31-29(68(61,62)63)15-20-14-23(66(55,56)57)17-26(30(20)32(31)47)38-33(48)19-4-3-5-21(13-19)37-34-40-35(42-36(41-34)45(2)10-11-64(49,50)51)39-25-16-22(65(52,53)54)7-9-27(25)46/h3-9,12-17,46-47H,10-11H2,1-2H3,(H,38,48)(H,49,50,51)(H,52,53,54)(H,55,56,57)(H,58,59,60)(H,61,62,63)(H2,37,39,40,41,42)/b44-43+. The highest BCUT2D eigenvalue weighted by molar-refractivity contribution is 7.87. The Morgan fingerprint density at radius 3 is 1.91 bits per heavy atom. The van der Waals surface area contributed by atoms with Gasteiger partial charge in [0.05, 0.1) is 26.9 Å². The Labute approximate surface area is 385 Å². The molecular weight excluding hydrogens is 1010 g/mol. The van der Waals surface area contributed by atoms with Gasteiger partial charge in [-0.1, -0.05) is 12.1 Å². The maximum atomic E-state index is 13.9. The lowest BCUT2D eigenvalue weighted by molar-refractivity contribution is 0.102. The highest BCUT2D eigenvalue weighted by Crippen LogP contribution is 2.46. The number of nitrogens with zero attached hydrogens (tertiary/aromatic N) is 6. The molecule has 0 atom stereocenters. The molecule has 360 valence electrons. The quantitative estimate of drug-likeness (QED) is 0.0368. The van der Waals surface area contributed by atoms with Gasteiger partial charge in [-0.3, -0.25) is 27.6 Å². The molecule has 32 heteroatoms. The maximum absolute atomic E-state index is 13.9. The predicted octanol–water partition coefficient (Wildman–Crippen LogP) is 4.21. The summed E-state index contributed by atoms with van der Waals surface area (Å²) in [4.78, 5) is 24.0. The first-order valence-electron chi connectivity index (χ1n) is 18.3. The largest absolute Gasteiger partial charge is 0.506 e. The van der Waals surface area contributed by atoms with E-state index in [1.54, 1.807) is 0 Å². The molecule has 5 aromatic carbocycles. The predicted molar refractivity (Wildman–Crippen MR) is 239 cm³/mol. The zero-order chi connectivity index (χ0) is 50.3. The fraction of sp³-hybridized carbons (Fsp3) is 0.111. The van der Waals surface area contributed by atoms with Crippen molar-refractivity contribution in [2.24, 2.45) is 10.2 Å². The number of aromatic hydroxyl groups is 2. The summed E-state index contributed by atoms with van der Waals surface area (Å²) >= 11 is 0. The number of phenolic OH excluding ortho intramolecular Hbond substituents is 2. The van der Waals surface area contributed by atoms with Crippen LogP contribution in [-0.4, -0.2) is 115 Å². The van der Waals surface area contributed by atoms with E-state index in [4.69, 9.17) is 0 Å². The van der Waals surface area contributed by atoms with E-state index in [9.17, 15) is 79.9 Å². The Hall–Kier alpha value is -7.01. The van der Waals surface area contributed by atoms with Crippen LogP contribution in [0, 0.1) is 6.92 Å². The molecule has 6 aromatic rings. The molecule has 0 unspecified atom stereocenters. The summed E-state index contributed by atoms with van der Waals surface area (Å²) in [6.07, 6.45) is 0. The third kappa shape index (κ3) is 12.1. The first-order chi connectivity index (χ1) is 31.4. The molecule has 1 amide bonds. The second-order valence-corrected chi connectivity index (χ2v) is 21.4. The number of amides is 1. The number of aryl methyl sites for hydroxylation is 1. The molecule has 1 heterocycles. The minimum atomic E-state index is -5.38. The van der Waals surface area contributed by atoms with Crippen molar-refractivity contribution < 1.29 is 79.9 Å². The van der Waals surface area contributed by atoms with Crippen LogP contribution >= 0.6 is 0 Å². The van der Waals surface area contributed by atoms with Gasteiger partial charge in [-0.2, -0.15) is 57.0 Å². The number of hydrogen-bond acceptors (Lipinski definition) is 21. The molecule has 27 nitrogen and oxygen atoms in total. The van der Waals surface area contributed by atoms with Gasteiger partial charge in [0.1, 0.15) is 26.9 Å². The molecule has 0 fully saturated rings. The van der Waals surface area contributed by atoms with Crippen molar-refractivity contribution in [3.8, 4) is 11.5 Å². The summed E-state index contributed by atoms with van der Waals surface area (Å²) in [7, 11) is -23.4. The van der Waals surface area contributed by atoms with Crippen molar-refractivity contribution in [1.29, 1.82) is 0 Å². The Bertz CT molecular complexity index is 3670. The smallest absolute Gasteiger partial charge is 0.296 e. The molecule has 0 aliphatic rings. The van der Waals surface area contributed by atoms with E-state index in [0.29, 0.717) is 23.8 Å². The third-order valence-electron chi connectivity index (χ3n) is 9.14. The molecule has 0 saturated heterocycles. The SMILES string of the molecule is Cc1ccc(/N=N/c2c(S(=O)(=O)O)cc3cc(S(=O)(=O)O)cc(NC(=O)c4cccc(Nc5nc(Nc6cc(S(=O)(=O)O)ccc6O)nc(N(C)CCS(=O)(=O)O)n5)c4)c3c2O)c(S(=O)(=O)O)c1. The second kappa shape index (κ2) is 18.6. The fourth-order valence-electron chi connectivity index (χ4n) is 5.97. The number of nitrogens with one attached hydrogen (secondary N) is 3. The highest BCUT2D eigenvalue weighted by atomic mass is 32.2. The topological polar surface area (TPSA) is 432 Å². The molecule has 0 radical (unpaired) electrons. The number of carbonyl (C=O) groups excluding carboxylic acids is 1. The van der Waals surface area contributed by atoms with Crippen LogP contribution in [-0.2, 0) is 50.6 Å². The minimum absolute atomic E-state index is 0.0258. The summed E-state index contributed by atoms with van der Waals surface area (Å²) in [6.45, 7) is 1.09. The van der Waals surface area contributed by atoms with Crippen molar-refractivity contribution in [1.82, 2.24) is 15.0 Å². The van der Waals surface area contributed by atoms with E-state index in [2.05, 4.69) is 41.1 Å². The van der Waals surface area contributed by atoms with Gasteiger partial charge in [-0.05, 0) is 84.6 Å². The molecule has 1 aromatic heterocycles. The van der Waals surface area contributed by atoms with Gasteiger partial charge in [-0.25, -0.2) is 0 Å². The lowest BCUT2D eigenvalue weighted by atomic mass is 10.1. The van der Waals surface area contributed by atoms with Crippen molar-refractivity contribution in [3.63, 3.8) is 0 Å². The first kappa shape index (κ1) is 50.4. The average molecular weight is 1040 g/mol. The molecule has 68 heavy (non-hydrogen) atoms. The van der Waals surface area contributed by atoms with Gasteiger partial charge in [0.25, 0.3) is 56.5 Å². The van der Waals surface area contributed by atoms with Crippen LogP contribution in [0.25, 0.3) is 10.8 Å². The number of fused-ring (bicyclic) bond motifs is 1. The molecule has 0 spiro atoms. The monoisotopic (exact) mass is 1040 g/mol. The molecule has 10 N–H and O–H groups in total. The number of benzene rings is 5. The van der Waals surface area contributed by atoms with Crippen molar-refractivity contribution >= 4 is 114 Å². The summed E-state index contributed by atoms with van der Waals surface area (Å²) < 4.78 is 169. The van der Waals surface area contributed by atoms with Crippen LogP contribution in [0.5, 0.6) is 11.5 Å². The third-order valence-corrected chi connectivity index (χ3v) is 13.3. The molecule has 0 aliphatic carbocycles. The lowest BCUT2D eigenvalue weighted by Crippen LogP contribution is -2.27. The van der Waals surface area contributed by atoms with Gasteiger partial charge < -0.3 is 31.1 Å². The molecule has 0 saturated carbocycles. The van der Waals surface area contributed by atoms with Crippen LogP contribution in [0.1, 0.15) is 15.9 Å². The van der Waals surface area contributed by atoms with Gasteiger partial charge in [0.15, 0.2) is 5.75 Å². The summed E-state index contributed by atoms with van der Waals surface area (Å²) in [5.74, 6) is -4.60. The Balaban J connectivity index is 1.41.